The van der Waals surface area contributed by atoms with Crippen molar-refractivity contribution in [1.29, 1.82) is 0 Å². The molecule has 3 rings (SSSR count). The monoisotopic (exact) mass is 403 g/mol. The standard InChI is InChI=1S/C21H29N3O5/c1-2-28-16-6-8-17(9-7-16)29-15-13-22-18(25)10-14-24-19(26)21(23-20(24)27)11-4-3-5-12-21/h6-9H,2-5,10-15H2,1H3,(H,22,25)(H,23,27). The minimum absolute atomic E-state index is 0.0816. The molecular weight excluding hydrogens is 374 g/mol. The third kappa shape index (κ3) is 5.19. The maximum Gasteiger partial charge on any atom is 0.325 e. The van der Waals surface area contributed by atoms with Crippen LogP contribution in [0.1, 0.15) is 45.4 Å². The zero-order chi connectivity index (χ0) is 20.7. The van der Waals surface area contributed by atoms with Gasteiger partial charge in [-0.15, -0.1) is 0 Å². The van der Waals surface area contributed by atoms with E-state index in [0.717, 1.165) is 25.0 Å². The molecule has 158 valence electrons. The van der Waals surface area contributed by atoms with Gasteiger partial charge in [-0.25, -0.2) is 4.79 Å². The molecule has 0 radical (unpaired) electrons. The summed E-state index contributed by atoms with van der Waals surface area (Å²) in [4.78, 5) is 38.1. The molecule has 29 heavy (non-hydrogen) atoms. The van der Waals surface area contributed by atoms with E-state index in [1.54, 1.807) is 0 Å². The van der Waals surface area contributed by atoms with Crippen LogP contribution in [0.4, 0.5) is 4.79 Å². The predicted molar refractivity (Wildman–Crippen MR) is 107 cm³/mol. The number of nitrogens with one attached hydrogen (secondary N) is 2. The summed E-state index contributed by atoms with van der Waals surface area (Å²) in [5.74, 6) is 1.07. The van der Waals surface area contributed by atoms with Crippen molar-refractivity contribution in [2.45, 2.75) is 51.0 Å². The number of rotatable bonds is 9. The Morgan fingerprint density at radius 2 is 1.76 bits per heavy atom. The molecule has 1 aromatic carbocycles. The van der Waals surface area contributed by atoms with Crippen LogP contribution in [-0.4, -0.2) is 54.6 Å². The fourth-order valence-corrected chi connectivity index (χ4v) is 3.83. The minimum Gasteiger partial charge on any atom is -0.494 e. The summed E-state index contributed by atoms with van der Waals surface area (Å²) < 4.78 is 10.9. The quantitative estimate of drug-likeness (QED) is 0.487. The molecule has 1 spiro atoms. The minimum atomic E-state index is -0.739. The van der Waals surface area contributed by atoms with E-state index in [2.05, 4.69) is 10.6 Å². The van der Waals surface area contributed by atoms with Crippen LogP contribution >= 0.6 is 0 Å². The van der Waals surface area contributed by atoms with Crippen molar-refractivity contribution in [2.75, 3.05) is 26.3 Å². The average molecular weight is 403 g/mol. The Balaban J connectivity index is 1.35. The lowest BCUT2D eigenvalue weighted by Gasteiger charge is -2.30. The number of urea groups is 1. The first-order chi connectivity index (χ1) is 14.0. The van der Waals surface area contributed by atoms with E-state index in [4.69, 9.17) is 9.47 Å². The highest BCUT2D eigenvalue weighted by atomic mass is 16.5. The zero-order valence-electron chi connectivity index (χ0n) is 16.9. The normalized spacial score (nSPS) is 17.9. The highest BCUT2D eigenvalue weighted by Crippen LogP contribution is 2.33. The number of ether oxygens (including phenoxy) is 2. The van der Waals surface area contributed by atoms with Gasteiger partial charge in [0.05, 0.1) is 13.2 Å². The first-order valence-corrected chi connectivity index (χ1v) is 10.3. The van der Waals surface area contributed by atoms with Crippen molar-refractivity contribution in [3.8, 4) is 11.5 Å². The van der Waals surface area contributed by atoms with Crippen LogP contribution in [0.2, 0.25) is 0 Å². The molecule has 0 unspecified atom stereocenters. The van der Waals surface area contributed by atoms with Gasteiger partial charge in [0.25, 0.3) is 5.91 Å². The summed E-state index contributed by atoms with van der Waals surface area (Å²) >= 11 is 0. The lowest BCUT2D eigenvalue weighted by atomic mass is 9.82. The fourth-order valence-electron chi connectivity index (χ4n) is 3.83. The van der Waals surface area contributed by atoms with Crippen LogP contribution in [0, 0.1) is 0 Å². The smallest absolute Gasteiger partial charge is 0.325 e. The Bertz CT molecular complexity index is 728. The molecule has 8 heteroatoms. The van der Waals surface area contributed by atoms with Gasteiger partial charge >= 0.3 is 6.03 Å². The van der Waals surface area contributed by atoms with E-state index < -0.39 is 5.54 Å². The Morgan fingerprint density at radius 3 is 2.41 bits per heavy atom. The molecular formula is C21H29N3O5. The highest BCUT2D eigenvalue weighted by Gasteiger charge is 2.50. The van der Waals surface area contributed by atoms with Crippen LogP contribution in [0.25, 0.3) is 0 Å². The van der Waals surface area contributed by atoms with Gasteiger partial charge in [0.2, 0.25) is 5.91 Å². The third-order valence-electron chi connectivity index (χ3n) is 5.34. The summed E-state index contributed by atoms with van der Waals surface area (Å²) in [6, 6.07) is 6.89. The lowest BCUT2D eigenvalue weighted by molar-refractivity contribution is -0.132. The first-order valence-electron chi connectivity index (χ1n) is 10.3. The van der Waals surface area contributed by atoms with Gasteiger partial charge in [0.15, 0.2) is 0 Å². The Hall–Kier alpha value is -2.77. The molecule has 0 aromatic heterocycles. The lowest BCUT2D eigenvalue weighted by Crippen LogP contribution is -2.48. The Kier molecular flexibility index (Phi) is 6.95. The molecule has 1 aliphatic heterocycles. The van der Waals surface area contributed by atoms with Gasteiger partial charge < -0.3 is 20.1 Å². The predicted octanol–water partition coefficient (Wildman–Crippen LogP) is 2.23. The number of amides is 4. The van der Waals surface area contributed by atoms with E-state index >= 15 is 0 Å². The van der Waals surface area contributed by atoms with Crippen molar-refractivity contribution in [3.63, 3.8) is 0 Å². The molecule has 1 heterocycles. The van der Waals surface area contributed by atoms with Crippen molar-refractivity contribution >= 4 is 17.8 Å². The van der Waals surface area contributed by atoms with Crippen molar-refractivity contribution in [1.82, 2.24) is 15.5 Å². The van der Waals surface area contributed by atoms with E-state index in [-0.39, 0.29) is 30.8 Å². The van der Waals surface area contributed by atoms with E-state index in [1.165, 1.54) is 4.90 Å². The zero-order valence-corrected chi connectivity index (χ0v) is 16.9. The average Bonchev–Trinajstić information content (AvgIpc) is 2.94. The van der Waals surface area contributed by atoms with E-state index in [0.29, 0.717) is 38.3 Å². The largest absolute Gasteiger partial charge is 0.494 e. The maximum absolute atomic E-state index is 12.7. The van der Waals surface area contributed by atoms with E-state index in [9.17, 15) is 14.4 Å². The molecule has 0 bridgehead atoms. The summed E-state index contributed by atoms with van der Waals surface area (Å²) in [6.07, 6.45) is 4.42. The topological polar surface area (TPSA) is 97.0 Å². The second kappa shape index (κ2) is 9.62. The van der Waals surface area contributed by atoms with Gasteiger partial charge in [-0.2, -0.15) is 0 Å². The van der Waals surface area contributed by atoms with Gasteiger partial charge in [0, 0.05) is 13.0 Å². The number of hydrogen-bond donors (Lipinski definition) is 2. The highest BCUT2D eigenvalue weighted by molar-refractivity contribution is 6.07. The molecule has 2 N–H and O–H groups in total. The second-order valence-corrected chi connectivity index (χ2v) is 7.38. The van der Waals surface area contributed by atoms with Crippen LogP contribution in [0.15, 0.2) is 24.3 Å². The molecule has 1 aromatic rings. The Morgan fingerprint density at radius 1 is 1.10 bits per heavy atom. The first kappa shape index (κ1) is 21.0. The summed E-state index contributed by atoms with van der Waals surface area (Å²) in [5, 5.41) is 5.60. The van der Waals surface area contributed by atoms with Gasteiger partial charge in [-0.1, -0.05) is 19.3 Å². The molecule has 2 aliphatic rings. The molecule has 1 saturated carbocycles. The number of carbonyl (C=O) groups excluding carboxylic acids is 3. The number of hydrogen-bond acceptors (Lipinski definition) is 5. The summed E-state index contributed by atoms with van der Waals surface area (Å²) in [6.45, 7) is 3.30. The van der Waals surface area contributed by atoms with Crippen LogP contribution in [-0.2, 0) is 9.59 Å². The number of nitrogens with zero attached hydrogens (tertiary/aromatic N) is 1. The van der Waals surface area contributed by atoms with Crippen molar-refractivity contribution in [2.24, 2.45) is 0 Å². The molecule has 2 fully saturated rings. The SMILES string of the molecule is CCOc1ccc(OCCNC(=O)CCN2C(=O)NC3(CCCCC3)C2=O)cc1. The van der Waals surface area contributed by atoms with Crippen molar-refractivity contribution in [3.05, 3.63) is 24.3 Å². The van der Waals surface area contributed by atoms with Gasteiger partial charge in [-0.3, -0.25) is 14.5 Å². The molecule has 4 amide bonds. The van der Waals surface area contributed by atoms with Gasteiger partial charge in [0.1, 0.15) is 23.6 Å². The summed E-state index contributed by atoms with van der Waals surface area (Å²) in [5.41, 5.74) is -0.739. The molecule has 8 nitrogen and oxygen atoms in total. The van der Waals surface area contributed by atoms with Crippen molar-refractivity contribution < 1.29 is 23.9 Å². The van der Waals surface area contributed by atoms with Crippen LogP contribution in [0.5, 0.6) is 11.5 Å². The number of carbonyl (C=O) groups is 3. The van der Waals surface area contributed by atoms with Gasteiger partial charge in [-0.05, 0) is 44.0 Å². The maximum atomic E-state index is 12.7. The molecule has 1 saturated heterocycles. The number of imide groups is 1. The molecule has 0 atom stereocenters. The van der Waals surface area contributed by atoms with E-state index in [1.807, 2.05) is 31.2 Å². The van der Waals surface area contributed by atoms with Crippen LogP contribution < -0.4 is 20.1 Å². The fraction of sp³-hybridized carbons (Fsp3) is 0.571. The molecule has 1 aliphatic carbocycles. The number of benzene rings is 1. The third-order valence-corrected chi connectivity index (χ3v) is 5.34. The second-order valence-electron chi connectivity index (χ2n) is 7.38. The van der Waals surface area contributed by atoms with Crippen LogP contribution in [0.3, 0.4) is 0 Å². The Labute approximate surface area is 170 Å². The summed E-state index contributed by atoms with van der Waals surface area (Å²) in [7, 11) is 0.